The van der Waals surface area contributed by atoms with Crippen molar-refractivity contribution >= 4 is 51.9 Å². The van der Waals surface area contributed by atoms with Crippen LogP contribution in [0.2, 0.25) is 10.0 Å². The molecule has 0 radical (unpaired) electrons. The van der Waals surface area contributed by atoms with Crippen LogP contribution >= 0.6 is 23.2 Å². The Morgan fingerprint density at radius 2 is 1.35 bits per heavy atom. The van der Waals surface area contributed by atoms with Crippen LogP contribution in [0.25, 0.3) is 10.9 Å². The van der Waals surface area contributed by atoms with E-state index < -0.39 is 0 Å². The highest BCUT2D eigenvalue weighted by Crippen LogP contribution is 2.23. The Bertz CT molecular complexity index is 1020. The number of aromatic nitrogens is 1. The number of para-hydroxylation sites is 1. The minimum atomic E-state index is -0.347. The van der Waals surface area contributed by atoms with E-state index in [-0.39, 0.29) is 6.92 Å². The smallest absolute Gasteiger partial charge is 0.426 e. The molecular weight excluding hydrogens is 364 g/mol. The van der Waals surface area contributed by atoms with Gasteiger partial charge < -0.3 is 4.65 Å². The van der Waals surface area contributed by atoms with E-state index in [0.717, 1.165) is 21.8 Å². The minimum Gasteiger partial charge on any atom is -0.550 e. The lowest BCUT2D eigenvalue weighted by molar-refractivity contribution is 0.597. The van der Waals surface area contributed by atoms with E-state index in [4.69, 9.17) is 27.9 Å². The third-order valence-electron chi connectivity index (χ3n) is 4.14. The lowest BCUT2D eigenvalue weighted by Crippen LogP contribution is -2.47. The number of benzene rings is 3. The van der Waals surface area contributed by atoms with Crippen molar-refractivity contribution in [1.29, 1.82) is 0 Å². The fourth-order valence-electron chi connectivity index (χ4n) is 2.97. The molecule has 2 nitrogen and oxygen atoms in total. The second-order valence-electron chi connectivity index (χ2n) is 5.94. The van der Waals surface area contributed by atoms with Crippen LogP contribution in [0, 0.1) is 0 Å². The van der Waals surface area contributed by atoms with Crippen LogP contribution in [0.3, 0.4) is 0 Å². The SMILES string of the molecule is Clc1cccc(B(Oc2cccc3cccnc23)c2cccc(Cl)c2)c1. The summed E-state index contributed by atoms with van der Waals surface area (Å²) in [7, 11) is 0. The van der Waals surface area contributed by atoms with Gasteiger partial charge in [-0.2, -0.15) is 0 Å². The molecule has 0 aliphatic rings. The van der Waals surface area contributed by atoms with Crippen molar-refractivity contribution in [2.24, 2.45) is 0 Å². The van der Waals surface area contributed by atoms with Gasteiger partial charge in [0.2, 0.25) is 0 Å². The first-order chi connectivity index (χ1) is 12.7. The number of hydrogen-bond donors (Lipinski definition) is 0. The zero-order chi connectivity index (χ0) is 17.9. The van der Waals surface area contributed by atoms with Crippen LogP contribution in [-0.2, 0) is 0 Å². The number of pyridine rings is 1. The van der Waals surface area contributed by atoms with E-state index in [9.17, 15) is 0 Å². The fraction of sp³-hybridized carbons (Fsp3) is 0. The molecule has 0 N–H and O–H groups in total. The van der Waals surface area contributed by atoms with E-state index in [0.29, 0.717) is 15.8 Å². The zero-order valence-electron chi connectivity index (χ0n) is 13.8. The molecule has 0 saturated carbocycles. The van der Waals surface area contributed by atoms with Crippen molar-refractivity contribution < 1.29 is 4.65 Å². The zero-order valence-corrected chi connectivity index (χ0v) is 15.3. The van der Waals surface area contributed by atoms with Crippen molar-refractivity contribution in [3.05, 3.63) is 95.1 Å². The summed E-state index contributed by atoms with van der Waals surface area (Å²) in [6.07, 6.45) is 1.77. The highest BCUT2D eigenvalue weighted by Gasteiger charge is 2.25. The summed E-state index contributed by atoms with van der Waals surface area (Å²) in [6, 6.07) is 25.2. The lowest BCUT2D eigenvalue weighted by Gasteiger charge is -2.18. The van der Waals surface area contributed by atoms with E-state index in [2.05, 4.69) is 4.98 Å². The molecule has 0 spiro atoms. The van der Waals surface area contributed by atoms with Crippen LogP contribution in [0.1, 0.15) is 0 Å². The molecule has 0 bridgehead atoms. The molecule has 0 aliphatic heterocycles. The molecule has 3 aromatic carbocycles. The number of fused-ring (bicyclic) bond motifs is 1. The maximum absolute atomic E-state index is 6.43. The predicted molar refractivity (Wildman–Crippen MR) is 110 cm³/mol. The van der Waals surface area contributed by atoms with Crippen LogP contribution in [0.4, 0.5) is 0 Å². The van der Waals surface area contributed by atoms with Gasteiger partial charge in [0.1, 0.15) is 11.3 Å². The van der Waals surface area contributed by atoms with Crippen LogP contribution in [0.15, 0.2) is 85.1 Å². The van der Waals surface area contributed by atoms with Gasteiger partial charge in [0.25, 0.3) is 0 Å². The highest BCUT2D eigenvalue weighted by atomic mass is 35.5. The second kappa shape index (κ2) is 7.41. The highest BCUT2D eigenvalue weighted by molar-refractivity contribution is 6.80. The molecular formula is C21H14BCl2NO. The van der Waals surface area contributed by atoms with Gasteiger partial charge in [0, 0.05) is 21.6 Å². The standard InChI is InChI=1S/C21H14BCl2NO/c23-18-9-2-7-16(13-18)22(17-8-3-10-19(24)14-17)26-20-11-1-5-15-6-4-12-25-21(15)20/h1-14H. The number of hydrogen-bond acceptors (Lipinski definition) is 2. The molecule has 0 unspecified atom stereocenters. The normalized spacial score (nSPS) is 10.7. The summed E-state index contributed by atoms with van der Waals surface area (Å²) in [5, 5.41) is 2.35. The Kier molecular flexibility index (Phi) is 4.83. The maximum Gasteiger partial charge on any atom is 0.426 e. The molecule has 1 aromatic heterocycles. The quantitative estimate of drug-likeness (QED) is 0.480. The Balaban J connectivity index is 1.83. The third-order valence-corrected chi connectivity index (χ3v) is 4.61. The Morgan fingerprint density at radius 3 is 2.00 bits per heavy atom. The Labute approximate surface area is 162 Å². The first-order valence-corrected chi connectivity index (χ1v) is 8.97. The molecule has 4 aromatic rings. The van der Waals surface area contributed by atoms with E-state index in [1.165, 1.54) is 0 Å². The summed E-state index contributed by atoms with van der Waals surface area (Å²) < 4.78 is 6.43. The summed E-state index contributed by atoms with van der Waals surface area (Å²) >= 11 is 12.4. The molecule has 0 fully saturated rings. The minimum absolute atomic E-state index is 0.347. The first kappa shape index (κ1) is 17.0. The van der Waals surface area contributed by atoms with Crippen molar-refractivity contribution in [2.45, 2.75) is 0 Å². The summed E-state index contributed by atoms with van der Waals surface area (Å²) in [6.45, 7) is -0.347. The largest absolute Gasteiger partial charge is 0.550 e. The van der Waals surface area contributed by atoms with E-state index in [1.807, 2.05) is 78.9 Å². The number of rotatable bonds is 4. The predicted octanol–water partition coefficient (Wildman–Crippen LogP) is 4.73. The number of nitrogens with zero attached hydrogens (tertiary/aromatic N) is 1. The topological polar surface area (TPSA) is 22.1 Å². The maximum atomic E-state index is 6.43. The van der Waals surface area contributed by atoms with Crippen molar-refractivity contribution in [3.63, 3.8) is 0 Å². The average Bonchev–Trinajstić information content (AvgIpc) is 2.66. The van der Waals surface area contributed by atoms with Gasteiger partial charge in [0.05, 0.1) is 0 Å². The van der Waals surface area contributed by atoms with Crippen molar-refractivity contribution in [3.8, 4) is 5.75 Å². The van der Waals surface area contributed by atoms with Gasteiger partial charge in [-0.1, -0.05) is 65.7 Å². The fourth-order valence-corrected chi connectivity index (χ4v) is 3.36. The summed E-state index contributed by atoms with van der Waals surface area (Å²) in [5.41, 5.74) is 2.73. The molecule has 0 amide bonds. The molecule has 0 aliphatic carbocycles. The third kappa shape index (κ3) is 3.55. The molecule has 26 heavy (non-hydrogen) atoms. The average molecular weight is 378 g/mol. The van der Waals surface area contributed by atoms with Crippen LogP contribution < -0.4 is 15.6 Å². The van der Waals surface area contributed by atoms with Gasteiger partial charge in [-0.15, -0.1) is 0 Å². The van der Waals surface area contributed by atoms with Crippen LogP contribution in [-0.4, -0.2) is 11.9 Å². The van der Waals surface area contributed by atoms with Crippen molar-refractivity contribution in [2.75, 3.05) is 0 Å². The molecule has 0 atom stereocenters. The van der Waals surface area contributed by atoms with E-state index >= 15 is 0 Å². The van der Waals surface area contributed by atoms with Crippen molar-refractivity contribution in [1.82, 2.24) is 4.98 Å². The molecule has 126 valence electrons. The Morgan fingerprint density at radius 1 is 0.731 bits per heavy atom. The molecule has 4 rings (SSSR count). The van der Waals surface area contributed by atoms with Gasteiger partial charge in [-0.25, -0.2) is 0 Å². The molecule has 1 heterocycles. The van der Waals surface area contributed by atoms with Gasteiger partial charge in [0.15, 0.2) is 0 Å². The van der Waals surface area contributed by atoms with E-state index in [1.54, 1.807) is 6.20 Å². The number of halogens is 2. The van der Waals surface area contributed by atoms with Crippen LogP contribution in [0.5, 0.6) is 5.75 Å². The lowest BCUT2D eigenvalue weighted by atomic mass is 9.55. The second-order valence-corrected chi connectivity index (χ2v) is 6.81. The summed E-state index contributed by atoms with van der Waals surface area (Å²) in [5.74, 6) is 0.716. The summed E-state index contributed by atoms with van der Waals surface area (Å²) in [4.78, 5) is 4.48. The van der Waals surface area contributed by atoms with Gasteiger partial charge in [-0.3, -0.25) is 4.98 Å². The van der Waals surface area contributed by atoms with Gasteiger partial charge in [-0.05, 0) is 47.3 Å². The first-order valence-electron chi connectivity index (χ1n) is 8.22. The monoisotopic (exact) mass is 377 g/mol. The van der Waals surface area contributed by atoms with Gasteiger partial charge >= 0.3 is 6.92 Å². The molecule has 5 heteroatoms. The Hall–Kier alpha value is -2.49. The molecule has 0 saturated heterocycles.